The zero-order valence-electron chi connectivity index (χ0n) is 13.7. The molecule has 1 aromatic rings. The summed E-state index contributed by atoms with van der Waals surface area (Å²) in [7, 11) is 1.63. The number of aromatic nitrogens is 2. The fourth-order valence-electron chi connectivity index (χ4n) is 2.14. The number of hydrogen-bond acceptors (Lipinski definition) is 5. The van der Waals surface area contributed by atoms with E-state index in [0.29, 0.717) is 44.3 Å². The molecule has 0 aliphatic heterocycles. The lowest BCUT2D eigenvalue weighted by atomic mass is 10.2. The average Bonchev–Trinajstić information content (AvgIpc) is 3.34. The van der Waals surface area contributed by atoms with E-state index in [1.807, 2.05) is 6.92 Å². The maximum atomic E-state index is 12.5. The van der Waals surface area contributed by atoms with Gasteiger partial charge in [0, 0.05) is 45.5 Å². The lowest BCUT2D eigenvalue weighted by Gasteiger charge is -2.22. The van der Waals surface area contributed by atoms with Gasteiger partial charge in [-0.15, -0.1) is 0 Å². The van der Waals surface area contributed by atoms with Crippen molar-refractivity contribution in [3.05, 3.63) is 23.8 Å². The number of amides is 2. The molecule has 1 aliphatic carbocycles. The van der Waals surface area contributed by atoms with Gasteiger partial charge in [-0.1, -0.05) is 0 Å². The van der Waals surface area contributed by atoms with Crippen LogP contribution in [0.15, 0.2) is 12.4 Å². The predicted molar refractivity (Wildman–Crippen MR) is 84.9 cm³/mol. The smallest absolute Gasteiger partial charge is 0.274 e. The molecular formula is C16H24N4O3. The first-order valence-corrected chi connectivity index (χ1v) is 7.96. The van der Waals surface area contributed by atoms with Crippen molar-refractivity contribution in [3.63, 3.8) is 0 Å². The molecule has 0 aromatic carbocycles. The van der Waals surface area contributed by atoms with E-state index in [-0.39, 0.29) is 11.8 Å². The number of carbonyl (C=O) groups excluding carboxylic acids is 2. The first kappa shape index (κ1) is 17.3. The summed E-state index contributed by atoms with van der Waals surface area (Å²) in [4.78, 5) is 34.3. The fourth-order valence-corrected chi connectivity index (χ4v) is 2.14. The number of nitrogens with one attached hydrogen (secondary N) is 1. The van der Waals surface area contributed by atoms with Gasteiger partial charge >= 0.3 is 0 Å². The van der Waals surface area contributed by atoms with Gasteiger partial charge in [-0.25, -0.2) is 4.98 Å². The molecule has 1 N–H and O–H groups in total. The van der Waals surface area contributed by atoms with Crippen LogP contribution in [0.2, 0.25) is 0 Å². The second-order valence-electron chi connectivity index (χ2n) is 5.77. The minimum atomic E-state index is -0.201. The molecule has 23 heavy (non-hydrogen) atoms. The van der Waals surface area contributed by atoms with E-state index in [9.17, 15) is 9.59 Å². The molecule has 0 unspecified atom stereocenters. The van der Waals surface area contributed by atoms with Crippen LogP contribution in [0.4, 0.5) is 0 Å². The third kappa shape index (κ3) is 5.94. The molecule has 1 heterocycles. The van der Waals surface area contributed by atoms with Crippen LogP contribution in [0.25, 0.3) is 0 Å². The summed E-state index contributed by atoms with van der Waals surface area (Å²) in [5.41, 5.74) is 1.06. The maximum absolute atomic E-state index is 12.5. The van der Waals surface area contributed by atoms with Gasteiger partial charge in [0.15, 0.2) is 0 Å². The van der Waals surface area contributed by atoms with Crippen LogP contribution in [0.5, 0.6) is 0 Å². The summed E-state index contributed by atoms with van der Waals surface area (Å²) < 4.78 is 5.03. The van der Waals surface area contributed by atoms with E-state index in [4.69, 9.17) is 4.74 Å². The van der Waals surface area contributed by atoms with Crippen molar-refractivity contribution in [2.24, 2.45) is 0 Å². The van der Waals surface area contributed by atoms with E-state index >= 15 is 0 Å². The Kier molecular flexibility index (Phi) is 6.46. The van der Waals surface area contributed by atoms with E-state index in [1.54, 1.807) is 18.2 Å². The third-order valence-electron chi connectivity index (χ3n) is 3.62. The monoisotopic (exact) mass is 320 g/mol. The van der Waals surface area contributed by atoms with E-state index in [0.717, 1.165) is 18.5 Å². The molecule has 1 aromatic heterocycles. The van der Waals surface area contributed by atoms with Crippen molar-refractivity contribution in [1.82, 2.24) is 20.2 Å². The summed E-state index contributed by atoms with van der Waals surface area (Å²) in [5, 5.41) is 2.93. The van der Waals surface area contributed by atoms with Crippen LogP contribution in [0.1, 0.15) is 41.9 Å². The largest absolute Gasteiger partial charge is 0.385 e. The summed E-state index contributed by atoms with van der Waals surface area (Å²) in [5.74, 6) is -0.208. The van der Waals surface area contributed by atoms with Crippen molar-refractivity contribution < 1.29 is 14.3 Å². The van der Waals surface area contributed by atoms with Gasteiger partial charge in [-0.3, -0.25) is 14.6 Å². The van der Waals surface area contributed by atoms with Crippen LogP contribution < -0.4 is 5.32 Å². The van der Waals surface area contributed by atoms with Gasteiger partial charge < -0.3 is 15.0 Å². The predicted octanol–water partition coefficient (Wildman–Crippen LogP) is 0.932. The maximum Gasteiger partial charge on any atom is 0.274 e. The van der Waals surface area contributed by atoms with Crippen molar-refractivity contribution >= 4 is 11.8 Å². The van der Waals surface area contributed by atoms with E-state index < -0.39 is 0 Å². The number of rotatable bonds is 9. The molecule has 0 saturated heterocycles. The summed E-state index contributed by atoms with van der Waals surface area (Å²) in [6.45, 7) is 3.28. The molecule has 0 spiro atoms. The molecule has 1 aliphatic rings. The Hall–Kier alpha value is -2.02. The highest BCUT2D eigenvalue weighted by molar-refractivity contribution is 5.92. The molecular weight excluding hydrogens is 296 g/mol. The van der Waals surface area contributed by atoms with Gasteiger partial charge in [0.2, 0.25) is 5.91 Å². The number of methoxy groups -OCH3 is 1. The van der Waals surface area contributed by atoms with Crippen LogP contribution in [0, 0.1) is 6.92 Å². The minimum Gasteiger partial charge on any atom is -0.385 e. The van der Waals surface area contributed by atoms with Gasteiger partial charge in [0.05, 0.1) is 11.9 Å². The van der Waals surface area contributed by atoms with E-state index in [1.165, 1.54) is 6.20 Å². The average molecular weight is 320 g/mol. The lowest BCUT2D eigenvalue weighted by Crippen LogP contribution is -2.37. The summed E-state index contributed by atoms with van der Waals surface area (Å²) in [6.07, 6.45) is 6.17. The number of nitrogens with zero attached hydrogens (tertiary/aromatic N) is 3. The first-order valence-electron chi connectivity index (χ1n) is 7.96. The van der Waals surface area contributed by atoms with Gasteiger partial charge in [0.1, 0.15) is 5.69 Å². The standard InChI is InChI=1S/C16H24N4O3/c1-12-10-18-14(11-17-12)16(22)20(7-3-9-23-2)8-6-15(21)19-13-4-5-13/h10-11,13H,3-9H2,1-2H3,(H,19,21). The lowest BCUT2D eigenvalue weighted by molar-refractivity contribution is -0.121. The van der Waals surface area contributed by atoms with Crippen LogP contribution >= 0.6 is 0 Å². The topological polar surface area (TPSA) is 84.4 Å². The molecule has 0 bridgehead atoms. The molecule has 7 nitrogen and oxygen atoms in total. The third-order valence-corrected chi connectivity index (χ3v) is 3.62. The number of hydrogen-bond donors (Lipinski definition) is 1. The normalized spacial score (nSPS) is 13.7. The summed E-state index contributed by atoms with van der Waals surface area (Å²) in [6, 6.07) is 0.336. The number of aryl methyl sites for hydroxylation is 1. The Balaban J connectivity index is 1.92. The van der Waals surface area contributed by atoms with Crippen LogP contribution in [0.3, 0.4) is 0 Å². The van der Waals surface area contributed by atoms with Gasteiger partial charge in [-0.2, -0.15) is 0 Å². The highest BCUT2D eigenvalue weighted by Gasteiger charge is 2.24. The second-order valence-corrected chi connectivity index (χ2v) is 5.77. The fraction of sp³-hybridized carbons (Fsp3) is 0.625. The Labute approximate surface area is 136 Å². The Morgan fingerprint density at radius 2 is 2.09 bits per heavy atom. The molecule has 2 amide bonds. The molecule has 0 radical (unpaired) electrons. The van der Waals surface area contributed by atoms with Crippen molar-refractivity contribution in [2.45, 2.75) is 38.6 Å². The quantitative estimate of drug-likeness (QED) is 0.684. The molecule has 126 valence electrons. The molecule has 7 heteroatoms. The highest BCUT2D eigenvalue weighted by atomic mass is 16.5. The SMILES string of the molecule is COCCCN(CCC(=O)NC1CC1)C(=O)c1cnc(C)cn1. The second kappa shape index (κ2) is 8.57. The zero-order chi connectivity index (χ0) is 16.7. The molecule has 0 atom stereocenters. The molecule has 2 rings (SSSR count). The van der Waals surface area contributed by atoms with Crippen LogP contribution in [-0.2, 0) is 9.53 Å². The zero-order valence-corrected chi connectivity index (χ0v) is 13.7. The number of carbonyl (C=O) groups is 2. The molecule has 1 saturated carbocycles. The van der Waals surface area contributed by atoms with Crippen molar-refractivity contribution in [2.75, 3.05) is 26.8 Å². The van der Waals surface area contributed by atoms with Gasteiger partial charge in [-0.05, 0) is 26.2 Å². The van der Waals surface area contributed by atoms with E-state index in [2.05, 4.69) is 15.3 Å². The van der Waals surface area contributed by atoms with Crippen molar-refractivity contribution in [3.8, 4) is 0 Å². The Morgan fingerprint density at radius 1 is 1.30 bits per heavy atom. The Bertz CT molecular complexity index is 529. The minimum absolute atomic E-state index is 0.00738. The number of ether oxygens (including phenoxy) is 1. The Morgan fingerprint density at radius 3 is 2.70 bits per heavy atom. The van der Waals surface area contributed by atoms with Crippen LogP contribution in [-0.4, -0.2) is 59.5 Å². The highest BCUT2D eigenvalue weighted by Crippen LogP contribution is 2.18. The van der Waals surface area contributed by atoms with Crippen molar-refractivity contribution in [1.29, 1.82) is 0 Å². The molecule has 1 fully saturated rings. The summed E-state index contributed by atoms with van der Waals surface area (Å²) >= 11 is 0. The van der Waals surface area contributed by atoms with Gasteiger partial charge in [0.25, 0.3) is 5.91 Å². The first-order chi connectivity index (χ1) is 11.1.